The van der Waals surface area contributed by atoms with Crippen LogP contribution in [0.4, 0.5) is 0 Å². The summed E-state index contributed by atoms with van der Waals surface area (Å²) >= 11 is 0. The van der Waals surface area contributed by atoms with E-state index in [9.17, 15) is 4.79 Å². The lowest BCUT2D eigenvalue weighted by Crippen LogP contribution is -2.40. The predicted molar refractivity (Wildman–Crippen MR) is 97.5 cm³/mol. The van der Waals surface area contributed by atoms with Crippen molar-refractivity contribution in [3.05, 3.63) is 35.4 Å². The molecule has 1 amide bonds. The average molecular weight is 316 g/mol. The van der Waals surface area contributed by atoms with E-state index >= 15 is 0 Å². The zero-order chi connectivity index (χ0) is 17.0. The van der Waals surface area contributed by atoms with Crippen molar-refractivity contribution in [3.63, 3.8) is 0 Å². The average Bonchev–Trinajstić information content (AvgIpc) is 3.27. The molecule has 2 unspecified atom stereocenters. The fourth-order valence-corrected chi connectivity index (χ4v) is 3.40. The standard InChI is InChI=1S/C21H33NO/c1-15(2)6-7-17(4)14-18(5)22-20(23)21(12-13-21)19-10-8-16(3)9-11-19/h8-11,15,17-18H,6-7,12-14H2,1-5H3,(H,22,23). The highest BCUT2D eigenvalue weighted by Crippen LogP contribution is 2.48. The van der Waals surface area contributed by atoms with E-state index in [0.29, 0.717) is 5.92 Å². The third-order valence-corrected chi connectivity index (χ3v) is 5.16. The molecule has 2 nitrogen and oxygen atoms in total. The number of nitrogens with one attached hydrogen (secondary N) is 1. The summed E-state index contributed by atoms with van der Waals surface area (Å²) in [7, 11) is 0. The van der Waals surface area contributed by atoms with Crippen LogP contribution in [0.25, 0.3) is 0 Å². The Kier molecular flexibility index (Phi) is 5.89. The van der Waals surface area contributed by atoms with Gasteiger partial charge in [-0.3, -0.25) is 4.79 Å². The second-order valence-electron chi connectivity index (χ2n) is 8.13. The number of hydrogen-bond donors (Lipinski definition) is 1. The zero-order valence-corrected chi connectivity index (χ0v) is 15.5. The molecule has 2 rings (SSSR count). The summed E-state index contributed by atoms with van der Waals surface area (Å²) in [6.07, 6.45) is 5.56. The smallest absolute Gasteiger partial charge is 0.230 e. The van der Waals surface area contributed by atoms with Gasteiger partial charge in [-0.05, 0) is 50.5 Å². The van der Waals surface area contributed by atoms with Crippen LogP contribution in [-0.2, 0) is 10.2 Å². The van der Waals surface area contributed by atoms with Crippen molar-refractivity contribution >= 4 is 5.91 Å². The van der Waals surface area contributed by atoms with Gasteiger partial charge < -0.3 is 5.32 Å². The van der Waals surface area contributed by atoms with E-state index in [-0.39, 0.29) is 17.4 Å². The highest BCUT2D eigenvalue weighted by molar-refractivity contribution is 5.91. The molecule has 1 aliphatic carbocycles. The van der Waals surface area contributed by atoms with Crippen molar-refractivity contribution < 1.29 is 4.79 Å². The maximum atomic E-state index is 12.8. The molecule has 0 bridgehead atoms. The molecule has 1 aliphatic rings. The highest BCUT2D eigenvalue weighted by atomic mass is 16.2. The highest BCUT2D eigenvalue weighted by Gasteiger charge is 2.51. The lowest BCUT2D eigenvalue weighted by atomic mass is 9.92. The molecule has 1 N–H and O–H groups in total. The minimum atomic E-state index is -0.247. The first-order valence-electron chi connectivity index (χ1n) is 9.21. The van der Waals surface area contributed by atoms with Crippen LogP contribution in [-0.4, -0.2) is 11.9 Å². The third kappa shape index (κ3) is 4.83. The van der Waals surface area contributed by atoms with Gasteiger partial charge in [-0.2, -0.15) is 0 Å². The number of rotatable bonds is 8. The lowest BCUT2D eigenvalue weighted by Gasteiger charge is -2.23. The summed E-state index contributed by atoms with van der Waals surface area (Å²) in [5, 5.41) is 3.28. The van der Waals surface area contributed by atoms with Crippen LogP contribution in [0.2, 0.25) is 0 Å². The third-order valence-electron chi connectivity index (χ3n) is 5.16. The summed E-state index contributed by atoms with van der Waals surface area (Å²) in [5.41, 5.74) is 2.18. The molecule has 0 aliphatic heterocycles. The van der Waals surface area contributed by atoms with Gasteiger partial charge in [0, 0.05) is 6.04 Å². The van der Waals surface area contributed by atoms with Gasteiger partial charge in [0.2, 0.25) is 5.91 Å². The topological polar surface area (TPSA) is 29.1 Å². The quantitative estimate of drug-likeness (QED) is 0.719. The molecule has 1 aromatic carbocycles. The molecule has 23 heavy (non-hydrogen) atoms. The molecule has 128 valence electrons. The number of amides is 1. The van der Waals surface area contributed by atoms with E-state index in [1.165, 1.54) is 24.0 Å². The van der Waals surface area contributed by atoms with Crippen LogP contribution < -0.4 is 5.32 Å². The van der Waals surface area contributed by atoms with Crippen molar-refractivity contribution in [1.82, 2.24) is 5.32 Å². The first-order valence-corrected chi connectivity index (χ1v) is 9.21. The SMILES string of the molecule is Cc1ccc(C2(C(=O)NC(C)CC(C)CCC(C)C)CC2)cc1. The van der Waals surface area contributed by atoms with Crippen LogP contribution >= 0.6 is 0 Å². The molecule has 0 saturated heterocycles. The first-order chi connectivity index (χ1) is 10.8. The van der Waals surface area contributed by atoms with E-state index in [1.807, 2.05) is 0 Å². The first kappa shape index (κ1) is 18.0. The fourth-order valence-electron chi connectivity index (χ4n) is 3.40. The molecule has 1 aromatic rings. The Morgan fingerprint density at radius 2 is 1.70 bits per heavy atom. The number of aryl methyl sites for hydroxylation is 1. The molecule has 2 atom stereocenters. The molecule has 0 radical (unpaired) electrons. The summed E-state index contributed by atoms with van der Waals surface area (Å²) in [4.78, 5) is 12.8. The Morgan fingerprint density at radius 3 is 2.22 bits per heavy atom. The monoisotopic (exact) mass is 315 g/mol. The van der Waals surface area contributed by atoms with Crippen LogP contribution in [0.1, 0.15) is 70.9 Å². The van der Waals surface area contributed by atoms with Crippen LogP contribution in [0.5, 0.6) is 0 Å². The second-order valence-corrected chi connectivity index (χ2v) is 8.13. The van der Waals surface area contributed by atoms with E-state index in [2.05, 4.69) is 64.2 Å². The minimum absolute atomic E-state index is 0.227. The van der Waals surface area contributed by atoms with Crippen molar-refractivity contribution in [3.8, 4) is 0 Å². The van der Waals surface area contributed by atoms with Gasteiger partial charge in [0.05, 0.1) is 5.41 Å². The number of benzene rings is 1. The fraction of sp³-hybridized carbons (Fsp3) is 0.667. The van der Waals surface area contributed by atoms with E-state index in [0.717, 1.165) is 25.2 Å². The lowest BCUT2D eigenvalue weighted by molar-refractivity contribution is -0.124. The second kappa shape index (κ2) is 7.51. The van der Waals surface area contributed by atoms with E-state index in [4.69, 9.17) is 0 Å². The Morgan fingerprint density at radius 1 is 1.09 bits per heavy atom. The van der Waals surface area contributed by atoms with E-state index < -0.39 is 0 Å². The summed E-state index contributed by atoms with van der Waals surface area (Å²) in [5.74, 6) is 1.66. The van der Waals surface area contributed by atoms with Gasteiger partial charge >= 0.3 is 0 Å². The Labute approximate surface area is 142 Å². The van der Waals surface area contributed by atoms with Gasteiger partial charge in [0.15, 0.2) is 0 Å². The summed E-state index contributed by atoms with van der Waals surface area (Å²) in [6.45, 7) is 11.1. The van der Waals surface area contributed by atoms with Crippen molar-refractivity contribution in [2.45, 2.75) is 78.2 Å². The normalized spacial score (nSPS) is 18.5. The molecule has 1 fully saturated rings. The van der Waals surface area contributed by atoms with Gasteiger partial charge in [0.25, 0.3) is 0 Å². The Bertz CT molecular complexity index is 513. The largest absolute Gasteiger partial charge is 0.353 e. The zero-order valence-electron chi connectivity index (χ0n) is 15.5. The Balaban J connectivity index is 1.87. The van der Waals surface area contributed by atoms with Gasteiger partial charge in [-0.15, -0.1) is 0 Å². The van der Waals surface area contributed by atoms with Gasteiger partial charge in [-0.1, -0.05) is 63.4 Å². The molecule has 0 spiro atoms. The predicted octanol–water partition coefficient (Wildman–Crippen LogP) is 4.99. The number of carbonyl (C=O) groups is 1. The molecular weight excluding hydrogens is 282 g/mol. The summed E-state index contributed by atoms with van der Waals surface area (Å²) in [6, 6.07) is 8.73. The number of hydrogen-bond acceptors (Lipinski definition) is 1. The molecule has 1 saturated carbocycles. The van der Waals surface area contributed by atoms with Crippen molar-refractivity contribution in [2.24, 2.45) is 11.8 Å². The minimum Gasteiger partial charge on any atom is -0.353 e. The molecule has 2 heteroatoms. The maximum Gasteiger partial charge on any atom is 0.230 e. The van der Waals surface area contributed by atoms with Crippen molar-refractivity contribution in [2.75, 3.05) is 0 Å². The van der Waals surface area contributed by atoms with Crippen molar-refractivity contribution in [1.29, 1.82) is 0 Å². The van der Waals surface area contributed by atoms with Crippen LogP contribution in [0.15, 0.2) is 24.3 Å². The number of carbonyl (C=O) groups excluding carboxylic acids is 1. The summed E-state index contributed by atoms with van der Waals surface area (Å²) < 4.78 is 0. The van der Waals surface area contributed by atoms with Crippen LogP contribution in [0, 0.1) is 18.8 Å². The Hall–Kier alpha value is -1.31. The maximum absolute atomic E-state index is 12.8. The van der Waals surface area contributed by atoms with Gasteiger partial charge in [0.1, 0.15) is 0 Å². The van der Waals surface area contributed by atoms with E-state index in [1.54, 1.807) is 0 Å². The van der Waals surface area contributed by atoms with Gasteiger partial charge in [-0.25, -0.2) is 0 Å². The molecule has 0 heterocycles. The van der Waals surface area contributed by atoms with Crippen LogP contribution in [0.3, 0.4) is 0 Å². The molecule has 0 aromatic heterocycles. The molecular formula is C21H33NO.